The van der Waals surface area contributed by atoms with Crippen molar-refractivity contribution in [1.29, 1.82) is 0 Å². The zero-order chi connectivity index (χ0) is 11.7. The van der Waals surface area contributed by atoms with E-state index in [1.807, 2.05) is 13.0 Å². The number of rotatable bonds is 3. The number of phenolic OH excluding ortho intramolecular Hbond substituents is 1. The number of hydrogen-bond acceptors (Lipinski definition) is 2. The molecule has 0 unspecified atom stereocenters. The molecule has 0 radical (unpaired) electrons. The molecule has 1 aromatic carbocycles. The Balaban J connectivity index is 2.25. The minimum absolute atomic E-state index is 0.363. The lowest BCUT2D eigenvalue weighted by atomic mass is 9.92. The Kier molecular flexibility index (Phi) is 3.08. The molecule has 0 heterocycles. The fraction of sp³-hybridized carbons (Fsp3) is 0.571. The number of anilines is 1. The Morgan fingerprint density at radius 1 is 1.31 bits per heavy atom. The van der Waals surface area contributed by atoms with Crippen molar-refractivity contribution in [2.24, 2.45) is 0 Å². The van der Waals surface area contributed by atoms with Gasteiger partial charge in [-0.25, -0.2) is 0 Å². The molecule has 1 aliphatic carbocycles. The first kappa shape index (κ1) is 11.3. The van der Waals surface area contributed by atoms with Crippen LogP contribution in [0.25, 0.3) is 0 Å². The predicted octanol–water partition coefficient (Wildman–Crippen LogP) is 3.79. The molecular formula is C14H21NO. The van der Waals surface area contributed by atoms with Crippen LogP contribution in [0.3, 0.4) is 0 Å². The monoisotopic (exact) mass is 219 g/mol. The summed E-state index contributed by atoms with van der Waals surface area (Å²) in [5.74, 6) is 0.786. The lowest BCUT2D eigenvalue weighted by molar-refractivity contribution is 0.444. The number of benzene rings is 1. The van der Waals surface area contributed by atoms with Gasteiger partial charge in [0, 0.05) is 11.7 Å². The largest absolute Gasteiger partial charge is 0.508 e. The maximum atomic E-state index is 9.86. The fourth-order valence-corrected chi connectivity index (χ4v) is 2.10. The molecule has 0 bridgehead atoms. The van der Waals surface area contributed by atoms with E-state index in [9.17, 15) is 5.11 Å². The van der Waals surface area contributed by atoms with Crippen LogP contribution in [0.2, 0.25) is 0 Å². The molecule has 2 nitrogen and oxygen atoms in total. The van der Waals surface area contributed by atoms with Crippen LogP contribution < -0.4 is 5.32 Å². The van der Waals surface area contributed by atoms with Crippen LogP contribution in [0.4, 0.5) is 5.69 Å². The second-order valence-corrected chi connectivity index (χ2v) is 5.15. The highest BCUT2D eigenvalue weighted by Crippen LogP contribution is 2.33. The first-order chi connectivity index (χ1) is 7.58. The molecule has 1 saturated carbocycles. The van der Waals surface area contributed by atoms with Crippen LogP contribution in [-0.4, -0.2) is 11.1 Å². The SMILES string of the molecule is Cc1cc(O)c(C(C)C)cc1NC1CCC1. The van der Waals surface area contributed by atoms with Crippen LogP contribution >= 0.6 is 0 Å². The molecular weight excluding hydrogens is 198 g/mol. The van der Waals surface area contributed by atoms with Gasteiger partial charge in [0.1, 0.15) is 5.75 Å². The van der Waals surface area contributed by atoms with Gasteiger partial charge in [0.2, 0.25) is 0 Å². The highest BCUT2D eigenvalue weighted by Gasteiger charge is 2.18. The molecule has 16 heavy (non-hydrogen) atoms. The third-order valence-corrected chi connectivity index (χ3v) is 3.46. The highest BCUT2D eigenvalue weighted by molar-refractivity contribution is 5.58. The van der Waals surface area contributed by atoms with Crippen LogP contribution in [0.5, 0.6) is 5.75 Å². The van der Waals surface area contributed by atoms with Gasteiger partial charge in [-0.3, -0.25) is 0 Å². The van der Waals surface area contributed by atoms with E-state index in [0.29, 0.717) is 17.7 Å². The van der Waals surface area contributed by atoms with Crippen molar-refractivity contribution in [3.63, 3.8) is 0 Å². The molecule has 0 spiro atoms. The third-order valence-electron chi connectivity index (χ3n) is 3.46. The van der Waals surface area contributed by atoms with Crippen molar-refractivity contribution >= 4 is 5.69 Å². The van der Waals surface area contributed by atoms with Crippen molar-refractivity contribution in [3.05, 3.63) is 23.3 Å². The van der Waals surface area contributed by atoms with Crippen molar-refractivity contribution in [2.75, 3.05) is 5.32 Å². The minimum Gasteiger partial charge on any atom is -0.508 e. The molecule has 0 aromatic heterocycles. The summed E-state index contributed by atoms with van der Waals surface area (Å²) in [7, 11) is 0. The van der Waals surface area contributed by atoms with Gasteiger partial charge in [-0.05, 0) is 55.4 Å². The third kappa shape index (κ3) is 2.16. The molecule has 0 atom stereocenters. The van der Waals surface area contributed by atoms with E-state index in [-0.39, 0.29) is 0 Å². The quantitative estimate of drug-likeness (QED) is 0.758. The second kappa shape index (κ2) is 4.36. The highest BCUT2D eigenvalue weighted by atomic mass is 16.3. The average molecular weight is 219 g/mol. The smallest absolute Gasteiger partial charge is 0.119 e. The van der Waals surface area contributed by atoms with Gasteiger partial charge in [-0.2, -0.15) is 0 Å². The lowest BCUT2D eigenvalue weighted by Crippen LogP contribution is -2.27. The van der Waals surface area contributed by atoms with Crippen molar-refractivity contribution in [3.8, 4) is 5.75 Å². The molecule has 1 aromatic rings. The average Bonchev–Trinajstić information content (AvgIpc) is 2.13. The van der Waals surface area contributed by atoms with Gasteiger partial charge in [-0.1, -0.05) is 13.8 Å². The Bertz CT molecular complexity index is 381. The number of phenols is 1. The molecule has 1 aliphatic rings. The van der Waals surface area contributed by atoms with Crippen molar-refractivity contribution < 1.29 is 5.11 Å². The lowest BCUT2D eigenvalue weighted by Gasteiger charge is -2.29. The molecule has 2 rings (SSSR count). The zero-order valence-corrected chi connectivity index (χ0v) is 10.4. The molecule has 0 aliphatic heterocycles. The number of nitrogens with one attached hydrogen (secondary N) is 1. The first-order valence-electron chi connectivity index (χ1n) is 6.18. The van der Waals surface area contributed by atoms with Crippen LogP contribution in [-0.2, 0) is 0 Å². The Morgan fingerprint density at radius 2 is 2.00 bits per heavy atom. The van der Waals surface area contributed by atoms with Gasteiger partial charge in [-0.15, -0.1) is 0 Å². The van der Waals surface area contributed by atoms with E-state index in [2.05, 4.69) is 25.2 Å². The van der Waals surface area contributed by atoms with Crippen molar-refractivity contribution in [1.82, 2.24) is 0 Å². The summed E-state index contributed by atoms with van der Waals surface area (Å²) in [4.78, 5) is 0. The summed E-state index contributed by atoms with van der Waals surface area (Å²) < 4.78 is 0. The van der Waals surface area contributed by atoms with E-state index in [1.54, 1.807) is 0 Å². The summed E-state index contributed by atoms with van der Waals surface area (Å²) in [6.07, 6.45) is 3.89. The Labute approximate surface area is 97.7 Å². The molecule has 0 amide bonds. The normalized spacial score (nSPS) is 16.2. The Hall–Kier alpha value is -1.18. The van der Waals surface area contributed by atoms with E-state index in [0.717, 1.165) is 11.1 Å². The predicted molar refractivity (Wildman–Crippen MR) is 68.2 cm³/mol. The molecule has 88 valence electrons. The van der Waals surface area contributed by atoms with Gasteiger partial charge in [0.25, 0.3) is 0 Å². The van der Waals surface area contributed by atoms with Gasteiger partial charge in [0.15, 0.2) is 0 Å². The van der Waals surface area contributed by atoms with E-state index >= 15 is 0 Å². The fourth-order valence-electron chi connectivity index (χ4n) is 2.10. The van der Waals surface area contributed by atoms with E-state index in [1.165, 1.54) is 24.9 Å². The van der Waals surface area contributed by atoms with Crippen LogP contribution in [0.1, 0.15) is 50.2 Å². The maximum absolute atomic E-state index is 9.86. The minimum atomic E-state index is 0.363. The summed E-state index contributed by atoms with van der Waals surface area (Å²) in [5, 5.41) is 13.4. The topological polar surface area (TPSA) is 32.3 Å². The maximum Gasteiger partial charge on any atom is 0.119 e. The van der Waals surface area contributed by atoms with Crippen LogP contribution in [0, 0.1) is 6.92 Å². The summed E-state index contributed by atoms with van der Waals surface area (Å²) in [6.45, 7) is 6.26. The van der Waals surface area contributed by atoms with Crippen LogP contribution in [0.15, 0.2) is 12.1 Å². The molecule has 1 fully saturated rings. The number of aromatic hydroxyl groups is 1. The Morgan fingerprint density at radius 3 is 2.50 bits per heavy atom. The number of aryl methyl sites for hydroxylation is 1. The van der Waals surface area contributed by atoms with Crippen molar-refractivity contribution in [2.45, 2.75) is 52.0 Å². The molecule has 2 N–H and O–H groups in total. The standard InChI is InChI=1S/C14H21NO/c1-9(2)12-8-13(10(3)7-14(12)16)15-11-5-4-6-11/h7-9,11,15-16H,4-6H2,1-3H3. The van der Waals surface area contributed by atoms with Gasteiger partial charge in [0.05, 0.1) is 0 Å². The zero-order valence-electron chi connectivity index (χ0n) is 10.4. The summed E-state index contributed by atoms with van der Waals surface area (Å²) in [5.41, 5.74) is 3.35. The van der Waals surface area contributed by atoms with E-state index in [4.69, 9.17) is 0 Å². The summed E-state index contributed by atoms with van der Waals surface area (Å²) >= 11 is 0. The van der Waals surface area contributed by atoms with Gasteiger partial charge < -0.3 is 10.4 Å². The first-order valence-corrected chi connectivity index (χ1v) is 6.18. The molecule has 2 heteroatoms. The molecule has 0 saturated heterocycles. The van der Waals surface area contributed by atoms with Gasteiger partial charge >= 0.3 is 0 Å². The second-order valence-electron chi connectivity index (χ2n) is 5.15. The van der Waals surface area contributed by atoms with E-state index < -0.39 is 0 Å². The number of hydrogen-bond donors (Lipinski definition) is 2. The summed E-state index contributed by atoms with van der Waals surface area (Å²) in [6, 6.07) is 4.62.